The van der Waals surface area contributed by atoms with Crippen LogP contribution >= 0.6 is 11.6 Å². The standard InChI is InChI=1S/C24H24ClNO3/c1-16-13-17(2)23-20(14-16)21(27)15-24(29-23)9-11-26(12-10-24)22(28)8-5-18-3-6-19(25)7-4-18/h3-8,13-14H,9-12,15H2,1-2H3/b8-5+. The molecule has 2 aromatic carbocycles. The van der Waals surface area contributed by atoms with Gasteiger partial charge in [-0.2, -0.15) is 0 Å². The van der Waals surface area contributed by atoms with Crippen molar-refractivity contribution in [3.05, 3.63) is 69.8 Å². The summed E-state index contributed by atoms with van der Waals surface area (Å²) < 4.78 is 6.40. The van der Waals surface area contributed by atoms with E-state index in [9.17, 15) is 9.59 Å². The molecule has 0 aromatic heterocycles. The Bertz CT molecular complexity index is 986. The van der Waals surface area contributed by atoms with Crippen molar-refractivity contribution in [1.82, 2.24) is 4.90 Å². The number of ether oxygens (including phenoxy) is 1. The van der Waals surface area contributed by atoms with Crippen LogP contribution in [0.4, 0.5) is 0 Å². The number of Topliss-reactive ketones (excluding diaryl/α,β-unsaturated/α-hetero) is 1. The molecule has 0 saturated carbocycles. The topological polar surface area (TPSA) is 46.6 Å². The van der Waals surface area contributed by atoms with E-state index in [0.717, 1.165) is 16.7 Å². The van der Waals surface area contributed by atoms with Crippen molar-refractivity contribution in [3.8, 4) is 5.75 Å². The third-order valence-corrected chi connectivity index (χ3v) is 6.05. The van der Waals surface area contributed by atoms with Crippen molar-refractivity contribution >= 4 is 29.4 Å². The molecule has 0 aliphatic carbocycles. The molecular formula is C24H24ClNO3. The number of amides is 1. The zero-order valence-electron chi connectivity index (χ0n) is 16.7. The van der Waals surface area contributed by atoms with E-state index >= 15 is 0 Å². The predicted octanol–water partition coefficient (Wildman–Crippen LogP) is 5.00. The van der Waals surface area contributed by atoms with Crippen molar-refractivity contribution in [2.75, 3.05) is 13.1 Å². The summed E-state index contributed by atoms with van der Waals surface area (Å²) in [5, 5.41) is 0.670. The van der Waals surface area contributed by atoms with Crippen LogP contribution < -0.4 is 4.74 Å². The van der Waals surface area contributed by atoms with Gasteiger partial charge in [-0.1, -0.05) is 29.8 Å². The summed E-state index contributed by atoms with van der Waals surface area (Å²) >= 11 is 5.89. The second-order valence-electron chi connectivity index (χ2n) is 8.05. The normalized spacial score (nSPS) is 18.0. The first-order valence-corrected chi connectivity index (χ1v) is 10.3. The first-order valence-electron chi connectivity index (χ1n) is 9.91. The average Bonchev–Trinajstić information content (AvgIpc) is 2.69. The average molecular weight is 410 g/mol. The molecule has 0 bridgehead atoms. The van der Waals surface area contributed by atoms with E-state index in [2.05, 4.69) is 0 Å². The summed E-state index contributed by atoms with van der Waals surface area (Å²) in [5.74, 6) is 0.832. The molecule has 0 atom stereocenters. The number of fused-ring (bicyclic) bond motifs is 1. The summed E-state index contributed by atoms with van der Waals surface area (Å²) in [5.41, 5.74) is 3.19. The third-order valence-electron chi connectivity index (χ3n) is 5.80. The lowest BCUT2D eigenvalue weighted by Gasteiger charge is -2.44. The summed E-state index contributed by atoms with van der Waals surface area (Å²) in [4.78, 5) is 27.2. The SMILES string of the molecule is Cc1cc(C)c2c(c1)C(=O)CC1(CCN(C(=O)/C=C/c3ccc(Cl)cc3)CC1)O2. The Labute approximate surface area is 176 Å². The van der Waals surface area contributed by atoms with Crippen molar-refractivity contribution in [2.45, 2.75) is 38.7 Å². The van der Waals surface area contributed by atoms with Crippen LogP contribution in [0.15, 0.2) is 42.5 Å². The molecule has 4 rings (SSSR count). The second-order valence-corrected chi connectivity index (χ2v) is 8.49. The van der Waals surface area contributed by atoms with Crippen LogP contribution in [0, 0.1) is 13.8 Å². The number of benzene rings is 2. The first-order chi connectivity index (χ1) is 13.8. The van der Waals surface area contributed by atoms with E-state index < -0.39 is 5.60 Å². The van der Waals surface area contributed by atoms with Crippen LogP contribution in [0.25, 0.3) is 6.08 Å². The predicted molar refractivity (Wildman–Crippen MR) is 115 cm³/mol. The first kappa shape index (κ1) is 19.7. The van der Waals surface area contributed by atoms with E-state index in [1.165, 1.54) is 0 Å². The van der Waals surface area contributed by atoms with Crippen molar-refractivity contribution < 1.29 is 14.3 Å². The number of carbonyl (C=O) groups is 2. The molecule has 4 nitrogen and oxygen atoms in total. The van der Waals surface area contributed by atoms with Crippen LogP contribution in [0.2, 0.25) is 5.02 Å². The Morgan fingerprint density at radius 1 is 1.14 bits per heavy atom. The molecule has 0 N–H and O–H groups in total. The molecule has 1 spiro atoms. The van der Waals surface area contributed by atoms with Gasteiger partial charge in [-0.3, -0.25) is 9.59 Å². The number of halogens is 1. The van der Waals surface area contributed by atoms with E-state index in [-0.39, 0.29) is 11.7 Å². The number of piperidine rings is 1. The summed E-state index contributed by atoms with van der Waals surface area (Å²) in [6, 6.07) is 11.3. The lowest BCUT2D eigenvalue weighted by atomic mass is 9.81. The van der Waals surface area contributed by atoms with Crippen LogP contribution in [0.1, 0.15) is 46.3 Å². The lowest BCUT2D eigenvalue weighted by molar-refractivity contribution is -0.129. The molecule has 0 radical (unpaired) electrons. The molecule has 150 valence electrons. The fourth-order valence-electron chi connectivity index (χ4n) is 4.20. The Kier molecular flexibility index (Phi) is 5.22. The minimum absolute atomic E-state index is 0.0239. The zero-order valence-corrected chi connectivity index (χ0v) is 17.5. The van der Waals surface area contributed by atoms with E-state index in [1.807, 2.05) is 43.0 Å². The molecular weight excluding hydrogens is 386 g/mol. The largest absolute Gasteiger partial charge is 0.486 e. The maximum Gasteiger partial charge on any atom is 0.246 e. The number of aryl methyl sites for hydroxylation is 2. The van der Waals surface area contributed by atoms with Crippen molar-refractivity contribution in [3.63, 3.8) is 0 Å². The van der Waals surface area contributed by atoms with Gasteiger partial charge in [-0.25, -0.2) is 0 Å². The molecule has 1 amide bonds. The summed E-state index contributed by atoms with van der Waals surface area (Å²) in [6.07, 6.45) is 5.09. The second kappa shape index (κ2) is 7.68. The highest BCUT2D eigenvalue weighted by Crippen LogP contribution is 2.41. The Morgan fingerprint density at radius 2 is 1.83 bits per heavy atom. The minimum atomic E-state index is -0.499. The van der Waals surface area contributed by atoms with Gasteiger partial charge >= 0.3 is 0 Å². The van der Waals surface area contributed by atoms with E-state index in [4.69, 9.17) is 16.3 Å². The fraction of sp³-hybridized carbons (Fsp3) is 0.333. The number of nitrogens with zero attached hydrogens (tertiary/aromatic N) is 1. The molecule has 1 saturated heterocycles. The molecule has 1 fully saturated rings. The monoisotopic (exact) mass is 409 g/mol. The molecule has 0 unspecified atom stereocenters. The molecule has 2 aliphatic rings. The highest BCUT2D eigenvalue weighted by atomic mass is 35.5. The molecule has 2 aliphatic heterocycles. The Hall–Kier alpha value is -2.59. The van der Waals surface area contributed by atoms with Gasteiger partial charge in [-0.05, 0) is 54.8 Å². The van der Waals surface area contributed by atoms with Crippen LogP contribution in [0.3, 0.4) is 0 Å². The smallest absolute Gasteiger partial charge is 0.246 e. The highest BCUT2D eigenvalue weighted by molar-refractivity contribution is 6.30. The van der Waals surface area contributed by atoms with Gasteiger partial charge in [0.2, 0.25) is 5.91 Å². The van der Waals surface area contributed by atoms with Crippen molar-refractivity contribution in [1.29, 1.82) is 0 Å². The van der Waals surface area contributed by atoms with Gasteiger partial charge < -0.3 is 9.64 Å². The number of carbonyl (C=O) groups excluding carboxylic acids is 2. The van der Waals surface area contributed by atoms with Gasteiger partial charge in [0.15, 0.2) is 5.78 Å². The van der Waals surface area contributed by atoms with Crippen molar-refractivity contribution in [2.24, 2.45) is 0 Å². The third kappa shape index (κ3) is 4.08. The molecule has 29 heavy (non-hydrogen) atoms. The Morgan fingerprint density at radius 3 is 2.52 bits per heavy atom. The highest BCUT2D eigenvalue weighted by Gasteiger charge is 2.43. The summed E-state index contributed by atoms with van der Waals surface area (Å²) in [6.45, 7) is 5.14. The zero-order chi connectivity index (χ0) is 20.6. The lowest BCUT2D eigenvalue weighted by Crippen LogP contribution is -2.52. The number of hydrogen-bond acceptors (Lipinski definition) is 3. The maximum absolute atomic E-state index is 12.8. The number of likely N-dealkylation sites (tertiary alicyclic amines) is 1. The number of hydrogen-bond donors (Lipinski definition) is 0. The van der Waals surface area contributed by atoms with Gasteiger partial charge in [0.05, 0.1) is 12.0 Å². The van der Waals surface area contributed by atoms with E-state index in [1.54, 1.807) is 24.3 Å². The van der Waals surface area contributed by atoms with Gasteiger partial charge in [0.25, 0.3) is 0 Å². The number of rotatable bonds is 2. The van der Waals surface area contributed by atoms with Crippen LogP contribution in [0.5, 0.6) is 5.75 Å². The maximum atomic E-state index is 12.8. The van der Waals surface area contributed by atoms with E-state index in [0.29, 0.717) is 48.7 Å². The minimum Gasteiger partial charge on any atom is -0.486 e. The van der Waals surface area contributed by atoms with Gasteiger partial charge in [-0.15, -0.1) is 0 Å². The molecule has 5 heteroatoms. The molecule has 2 heterocycles. The quantitative estimate of drug-likeness (QED) is 0.656. The fourth-order valence-corrected chi connectivity index (χ4v) is 4.32. The van der Waals surface area contributed by atoms with Gasteiger partial charge in [0, 0.05) is 37.0 Å². The van der Waals surface area contributed by atoms with Crippen LogP contribution in [-0.4, -0.2) is 35.3 Å². The van der Waals surface area contributed by atoms with Crippen LogP contribution in [-0.2, 0) is 4.79 Å². The van der Waals surface area contributed by atoms with Gasteiger partial charge in [0.1, 0.15) is 11.4 Å². The number of ketones is 1. The Balaban J connectivity index is 1.43. The summed E-state index contributed by atoms with van der Waals surface area (Å²) in [7, 11) is 0. The molecule has 2 aromatic rings.